The summed E-state index contributed by atoms with van der Waals surface area (Å²) in [6, 6.07) is 18.4. The second kappa shape index (κ2) is 7.48. The van der Waals surface area contributed by atoms with Gasteiger partial charge in [0.1, 0.15) is 5.82 Å². The lowest BCUT2D eigenvalue weighted by molar-refractivity contribution is 0.509. The van der Waals surface area contributed by atoms with E-state index in [9.17, 15) is 0 Å². The summed E-state index contributed by atoms with van der Waals surface area (Å²) in [7, 11) is 0. The van der Waals surface area contributed by atoms with Gasteiger partial charge in [0.25, 0.3) is 0 Å². The number of rotatable bonds is 6. The summed E-state index contributed by atoms with van der Waals surface area (Å²) >= 11 is 1.59. The maximum atomic E-state index is 5.96. The molecule has 0 N–H and O–H groups in total. The fourth-order valence-corrected chi connectivity index (χ4v) is 4.11. The average molecular weight is 404 g/mol. The van der Waals surface area contributed by atoms with Crippen molar-refractivity contribution < 1.29 is 4.42 Å². The summed E-state index contributed by atoms with van der Waals surface area (Å²) in [5.74, 6) is 2.66. The van der Waals surface area contributed by atoms with Gasteiger partial charge in [-0.25, -0.2) is 0 Å². The van der Waals surface area contributed by atoms with Gasteiger partial charge < -0.3 is 4.42 Å². The Morgan fingerprint density at radius 1 is 0.966 bits per heavy atom. The molecular formula is C22H21N5OS. The van der Waals surface area contributed by atoms with Crippen molar-refractivity contribution in [1.82, 2.24) is 25.0 Å². The molecule has 4 aromatic rings. The second-order valence-electron chi connectivity index (χ2n) is 7.36. The average Bonchev–Trinajstić information content (AvgIpc) is 3.31. The van der Waals surface area contributed by atoms with Crippen molar-refractivity contribution in [3.8, 4) is 17.1 Å². The highest BCUT2D eigenvalue weighted by molar-refractivity contribution is 7.99. The molecule has 5 rings (SSSR count). The predicted octanol–water partition coefficient (Wildman–Crippen LogP) is 5.36. The van der Waals surface area contributed by atoms with Gasteiger partial charge in [0.05, 0.1) is 5.25 Å². The first kappa shape index (κ1) is 18.1. The third-order valence-corrected chi connectivity index (χ3v) is 6.01. The summed E-state index contributed by atoms with van der Waals surface area (Å²) in [4.78, 5) is 0. The van der Waals surface area contributed by atoms with Gasteiger partial charge in [-0.1, -0.05) is 47.7 Å². The number of para-hydroxylation sites is 1. The van der Waals surface area contributed by atoms with E-state index in [1.165, 1.54) is 18.4 Å². The topological polar surface area (TPSA) is 69.6 Å². The van der Waals surface area contributed by atoms with Crippen molar-refractivity contribution in [3.63, 3.8) is 0 Å². The molecule has 6 nitrogen and oxygen atoms in total. The first-order valence-electron chi connectivity index (χ1n) is 9.77. The zero-order valence-corrected chi connectivity index (χ0v) is 17.1. The number of aromatic nitrogens is 5. The summed E-state index contributed by atoms with van der Waals surface area (Å²) < 4.78 is 8.12. The number of hydrogen-bond donors (Lipinski definition) is 0. The van der Waals surface area contributed by atoms with E-state index in [1.807, 2.05) is 42.5 Å². The summed E-state index contributed by atoms with van der Waals surface area (Å²) in [5.41, 5.74) is 3.21. The minimum absolute atomic E-state index is 0.0413. The van der Waals surface area contributed by atoms with Gasteiger partial charge in [0, 0.05) is 17.2 Å². The number of aryl methyl sites for hydroxylation is 1. The number of nitrogens with zero attached hydrogens (tertiary/aromatic N) is 5. The number of hydrogen-bond acceptors (Lipinski definition) is 6. The number of benzene rings is 2. The Hall–Kier alpha value is -2.93. The van der Waals surface area contributed by atoms with Gasteiger partial charge in [-0.3, -0.25) is 4.57 Å². The Balaban J connectivity index is 1.42. The lowest BCUT2D eigenvalue weighted by atomic mass is 10.1. The van der Waals surface area contributed by atoms with Crippen LogP contribution in [0.1, 0.15) is 48.2 Å². The third kappa shape index (κ3) is 3.70. The second-order valence-corrected chi connectivity index (χ2v) is 8.67. The highest BCUT2D eigenvalue weighted by atomic mass is 32.2. The van der Waals surface area contributed by atoms with Crippen molar-refractivity contribution in [1.29, 1.82) is 0 Å². The van der Waals surface area contributed by atoms with Crippen LogP contribution in [0, 0.1) is 6.92 Å². The highest BCUT2D eigenvalue weighted by Gasteiger charge is 2.31. The fourth-order valence-electron chi connectivity index (χ4n) is 3.20. The molecule has 0 bridgehead atoms. The van der Waals surface area contributed by atoms with E-state index in [2.05, 4.69) is 50.9 Å². The van der Waals surface area contributed by atoms with Crippen LogP contribution in [0.15, 0.2) is 64.2 Å². The fraction of sp³-hybridized carbons (Fsp3) is 0.273. The van der Waals surface area contributed by atoms with Crippen molar-refractivity contribution in [2.75, 3.05) is 0 Å². The maximum Gasteiger partial charge on any atom is 0.247 e. The van der Waals surface area contributed by atoms with Crippen LogP contribution < -0.4 is 0 Å². The highest BCUT2D eigenvalue weighted by Crippen LogP contribution is 2.43. The van der Waals surface area contributed by atoms with Crippen LogP contribution in [0.2, 0.25) is 0 Å². The first-order valence-corrected chi connectivity index (χ1v) is 10.6. The van der Waals surface area contributed by atoms with Crippen molar-refractivity contribution >= 4 is 11.8 Å². The molecule has 0 radical (unpaired) electrons. The molecule has 1 aliphatic rings. The molecule has 0 amide bonds. The Morgan fingerprint density at radius 3 is 2.45 bits per heavy atom. The van der Waals surface area contributed by atoms with Gasteiger partial charge in [0.2, 0.25) is 11.8 Å². The minimum atomic E-state index is -0.0413. The van der Waals surface area contributed by atoms with E-state index in [0.29, 0.717) is 17.7 Å². The lowest BCUT2D eigenvalue weighted by Gasteiger charge is -2.11. The molecule has 2 heterocycles. The van der Waals surface area contributed by atoms with E-state index in [-0.39, 0.29) is 5.25 Å². The predicted molar refractivity (Wildman–Crippen MR) is 112 cm³/mol. The van der Waals surface area contributed by atoms with Crippen molar-refractivity contribution in [3.05, 3.63) is 71.9 Å². The van der Waals surface area contributed by atoms with Gasteiger partial charge in [-0.15, -0.1) is 20.4 Å². The van der Waals surface area contributed by atoms with Crippen LogP contribution in [-0.4, -0.2) is 25.0 Å². The standard InChI is InChI=1S/C22H21N5OS/c1-14-8-10-17(11-9-14)21-25-24-20(28-21)15(2)29-22-26-23-19(16-12-13-16)27(22)18-6-4-3-5-7-18/h3-11,15-16H,12-13H2,1-2H3/t15-/m0/s1. The Labute approximate surface area is 173 Å². The van der Waals surface area contributed by atoms with E-state index in [0.717, 1.165) is 22.2 Å². The third-order valence-electron chi connectivity index (χ3n) is 4.98. The number of thioether (sulfide) groups is 1. The molecule has 29 heavy (non-hydrogen) atoms. The molecule has 0 aliphatic heterocycles. The van der Waals surface area contributed by atoms with Crippen LogP contribution in [-0.2, 0) is 0 Å². The molecule has 1 atom stereocenters. The molecule has 2 aromatic heterocycles. The van der Waals surface area contributed by atoms with Gasteiger partial charge in [-0.2, -0.15) is 0 Å². The molecule has 0 unspecified atom stereocenters. The van der Waals surface area contributed by atoms with Crippen LogP contribution in [0.25, 0.3) is 17.1 Å². The zero-order chi connectivity index (χ0) is 19.8. The van der Waals surface area contributed by atoms with Crippen LogP contribution in [0.5, 0.6) is 0 Å². The maximum absolute atomic E-state index is 5.96. The summed E-state index contributed by atoms with van der Waals surface area (Å²) in [5, 5.41) is 18.3. The molecule has 7 heteroatoms. The van der Waals surface area contributed by atoms with Gasteiger partial charge in [-0.05, 0) is 51.0 Å². The molecule has 0 saturated heterocycles. The van der Waals surface area contributed by atoms with Crippen LogP contribution in [0.3, 0.4) is 0 Å². The SMILES string of the molecule is Cc1ccc(-c2nnc([C@H](C)Sc3nnc(C4CC4)n3-c3ccccc3)o2)cc1. The molecule has 1 fully saturated rings. The molecule has 146 valence electrons. The summed E-state index contributed by atoms with van der Waals surface area (Å²) in [6.45, 7) is 4.11. The molecule has 0 spiro atoms. The summed E-state index contributed by atoms with van der Waals surface area (Å²) in [6.07, 6.45) is 2.35. The quantitative estimate of drug-likeness (QED) is 0.404. The smallest absolute Gasteiger partial charge is 0.247 e. The molecule has 1 aliphatic carbocycles. The van der Waals surface area contributed by atoms with Gasteiger partial charge in [0.15, 0.2) is 5.16 Å². The van der Waals surface area contributed by atoms with E-state index in [4.69, 9.17) is 4.42 Å². The largest absolute Gasteiger partial charge is 0.419 e. The van der Waals surface area contributed by atoms with E-state index < -0.39 is 0 Å². The van der Waals surface area contributed by atoms with Crippen LogP contribution >= 0.6 is 11.8 Å². The van der Waals surface area contributed by atoms with E-state index in [1.54, 1.807) is 11.8 Å². The Kier molecular flexibility index (Phi) is 4.67. The molecule has 2 aromatic carbocycles. The molecule has 1 saturated carbocycles. The van der Waals surface area contributed by atoms with E-state index >= 15 is 0 Å². The monoisotopic (exact) mass is 403 g/mol. The zero-order valence-electron chi connectivity index (χ0n) is 16.3. The van der Waals surface area contributed by atoms with Crippen molar-refractivity contribution in [2.24, 2.45) is 0 Å². The normalized spacial score (nSPS) is 14.8. The minimum Gasteiger partial charge on any atom is -0.419 e. The van der Waals surface area contributed by atoms with Crippen LogP contribution in [0.4, 0.5) is 0 Å². The van der Waals surface area contributed by atoms with Crippen molar-refractivity contribution in [2.45, 2.75) is 43.0 Å². The van der Waals surface area contributed by atoms with Gasteiger partial charge >= 0.3 is 0 Å². The lowest BCUT2D eigenvalue weighted by Crippen LogP contribution is -2.02. The Morgan fingerprint density at radius 2 is 1.72 bits per heavy atom. The first-order chi connectivity index (χ1) is 14.2. The Bertz CT molecular complexity index is 1120. The molecular weight excluding hydrogens is 382 g/mol.